The molecule has 0 radical (unpaired) electrons. The van der Waals surface area contributed by atoms with Crippen LogP contribution in [0.2, 0.25) is 0 Å². The molecule has 28 heavy (non-hydrogen) atoms. The summed E-state index contributed by atoms with van der Waals surface area (Å²) in [7, 11) is 1.65. The maximum absolute atomic E-state index is 13.1. The fourth-order valence-electron chi connectivity index (χ4n) is 5.09. The standard InChI is InChI=1S/C23H33N3O2/c1-6-22(19-10-8-7-9-11-19)12-14-23(15-13-22)17-25(16-21(2,3)24-4)20(27)26(23)18-28-5/h7-11H,6,12-18H2,1-3,5H3. The second kappa shape index (κ2) is 7.75. The Balaban J connectivity index is 1.83. The van der Waals surface area contributed by atoms with Crippen molar-refractivity contribution in [3.63, 3.8) is 0 Å². The van der Waals surface area contributed by atoms with Crippen LogP contribution in [-0.2, 0) is 10.2 Å². The number of amides is 2. The van der Waals surface area contributed by atoms with Gasteiger partial charge in [0.2, 0.25) is 5.54 Å². The first-order valence-electron chi connectivity index (χ1n) is 10.3. The summed E-state index contributed by atoms with van der Waals surface area (Å²) in [5, 5.41) is 0. The smallest absolute Gasteiger partial charge is 0.322 e. The summed E-state index contributed by atoms with van der Waals surface area (Å²) >= 11 is 0. The third-order valence-corrected chi connectivity index (χ3v) is 6.90. The lowest BCUT2D eigenvalue weighted by atomic mass is 9.63. The lowest BCUT2D eigenvalue weighted by molar-refractivity contribution is 0.00837. The Morgan fingerprint density at radius 2 is 1.82 bits per heavy atom. The van der Waals surface area contributed by atoms with Crippen LogP contribution in [0, 0.1) is 6.57 Å². The van der Waals surface area contributed by atoms with Crippen LogP contribution in [-0.4, -0.2) is 53.8 Å². The summed E-state index contributed by atoms with van der Waals surface area (Å²) in [6.45, 7) is 15.0. The van der Waals surface area contributed by atoms with Gasteiger partial charge in [0.05, 0.1) is 12.1 Å². The fraction of sp³-hybridized carbons (Fsp3) is 0.652. The molecule has 152 valence electrons. The summed E-state index contributed by atoms with van der Waals surface area (Å²) in [6, 6.07) is 10.8. The van der Waals surface area contributed by atoms with Gasteiger partial charge in [0.15, 0.2) is 0 Å². The highest BCUT2D eigenvalue weighted by Crippen LogP contribution is 2.49. The number of ether oxygens (including phenoxy) is 1. The van der Waals surface area contributed by atoms with Crippen molar-refractivity contribution in [1.82, 2.24) is 9.80 Å². The van der Waals surface area contributed by atoms with Crippen molar-refractivity contribution in [2.45, 2.75) is 69.4 Å². The zero-order chi connectivity index (χ0) is 20.4. The van der Waals surface area contributed by atoms with Gasteiger partial charge in [-0.2, -0.15) is 0 Å². The van der Waals surface area contributed by atoms with Crippen LogP contribution in [0.4, 0.5) is 4.79 Å². The SMILES string of the molecule is [C-]#[N+]C(C)(C)CN1CC2(CCC(CC)(c3ccccc3)CC2)N(COC)C1=O. The summed E-state index contributed by atoms with van der Waals surface area (Å²) < 4.78 is 5.41. The summed E-state index contributed by atoms with van der Waals surface area (Å²) in [5.41, 5.74) is 0.864. The highest BCUT2D eigenvalue weighted by molar-refractivity contribution is 5.78. The van der Waals surface area contributed by atoms with Gasteiger partial charge in [0.1, 0.15) is 6.73 Å². The Labute approximate surface area is 169 Å². The van der Waals surface area contributed by atoms with E-state index in [1.165, 1.54) is 5.56 Å². The number of benzene rings is 1. The maximum atomic E-state index is 13.1. The predicted octanol–water partition coefficient (Wildman–Crippen LogP) is 4.69. The number of urea groups is 1. The molecule has 0 N–H and O–H groups in total. The Hall–Kier alpha value is -2.06. The molecule has 2 fully saturated rings. The minimum Gasteiger partial charge on any atom is -0.364 e. The summed E-state index contributed by atoms with van der Waals surface area (Å²) in [4.78, 5) is 20.6. The molecule has 1 spiro atoms. The Morgan fingerprint density at radius 3 is 2.36 bits per heavy atom. The lowest BCUT2D eigenvalue weighted by Gasteiger charge is -2.47. The second-order valence-corrected chi connectivity index (χ2v) is 9.13. The first-order chi connectivity index (χ1) is 13.3. The molecular weight excluding hydrogens is 350 g/mol. The first-order valence-corrected chi connectivity index (χ1v) is 10.3. The van der Waals surface area contributed by atoms with E-state index in [4.69, 9.17) is 11.3 Å². The average Bonchev–Trinajstić information content (AvgIpc) is 2.95. The molecule has 5 nitrogen and oxygen atoms in total. The number of carbonyl (C=O) groups excluding carboxylic acids is 1. The van der Waals surface area contributed by atoms with E-state index in [-0.39, 0.29) is 17.0 Å². The minimum absolute atomic E-state index is 0.0160. The van der Waals surface area contributed by atoms with Gasteiger partial charge in [-0.25, -0.2) is 11.4 Å². The van der Waals surface area contributed by atoms with Crippen LogP contribution in [0.5, 0.6) is 0 Å². The van der Waals surface area contributed by atoms with Gasteiger partial charge in [-0.05, 0) is 43.1 Å². The molecule has 0 atom stereocenters. The molecule has 2 aliphatic rings. The molecule has 1 aromatic rings. The van der Waals surface area contributed by atoms with Crippen molar-refractivity contribution in [2.24, 2.45) is 0 Å². The van der Waals surface area contributed by atoms with Crippen molar-refractivity contribution < 1.29 is 9.53 Å². The van der Waals surface area contributed by atoms with Gasteiger partial charge in [-0.3, -0.25) is 4.90 Å². The van der Waals surface area contributed by atoms with Gasteiger partial charge >= 0.3 is 6.03 Å². The third-order valence-electron chi connectivity index (χ3n) is 6.90. The molecule has 2 amide bonds. The largest absolute Gasteiger partial charge is 0.364 e. The normalized spacial score (nSPS) is 28.0. The van der Waals surface area contributed by atoms with E-state index >= 15 is 0 Å². The van der Waals surface area contributed by atoms with E-state index in [1.54, 1.807) is 7.11 Å². The number of methoxy groups -OCH3 is 1. The van der Waals surface area contributed by atoms with Gasteiger partial charge in [-0.15, -0.1) is 0 Å². The molecule has 5 heteroatoms. The molecule has 0 aromatic heterocycles. The zero-order valence-corrected chi connectivity index (χ0v) is 17.7. The molecule has 1 heterocycles. The predicted molar refractivity (Wildman–Crippen MR) is 111 cm³/mol. The van der Waals surface area contributed by atoms with Crippen LogP contribution in [0.15, 0.2) is 30.3 Å². The van der Waals surface area contributed by atoms with Crippen LogP contribution in [0.1, 0.15) is 58.4 Å². The monoisotopic (exact) mass is 383 g/mol. The van der Waals surface area contributed by atoms with Gasteiger partial charge in [0, 0.05) is 27.5 Å². The van der Waals surface area contributed by atoms with E-state index in [0.29, 0.717) is 19.8 Å². The highest BCUT2D eigenvalue weighted by Gasteiger charge is 2.54. The van der Waals surface area contributed by atoms with Gasteiger partial charge in [-0.1, -0.05) is 37.3 Å². The molecular formula is C23H33N3O2. The molecule has 0 bridgehead atoms. The number of rotatable bonds is 6. The third kappa shape index (κ3) is 3.63. The Bertz CT molecular complexity index is 730. The Morgan fingerprint density at radius 1 is 1.18 bits per heavy atom. The summed E-state index contributed by atoms with van der Waals surface area (Å²) in [5.74, 6) is 0. The van der Waals surface area contributed by atoms with Gasteiger partial charge in [0.25, 0.3) is 0 Å². The molecule has 0 unspecified atom stereocenters. The van der Waals surface area contributed by atoms with E-state index in [0.717, 1.165) is 32.1 Å². The Kier molecular flexibility index (Phi) is 5.72. The van der Waals surface area contributed by atoms with Crippen molar-refractivity contribution >= 4 is 6.03 Å². The van der Waals surface area contributed by atoms with Crippen LogP contribution < -0.4 is 0 Å². The van der Waals surface area contributed by atoms with Crippen molar-refractivity contribution in [3.05, 3.63) is 47.3 Å². The van der Waals surface area contributed by atoms with Crippen molar-refractivity contribution in [1.29, 1.82) is 0 Å². The number of nitrogens with zero attached hydrogens (tertiary/aromatic N) is 3. The first kappa shape index (κ1) is 20.7. The second-order valence-electron chi connectivity index (χ2n) is 9.13. The fourth-order valence-corrected chi connectivity index (χ4v) is 5.09. The summed E-state index contributed by atoms with van der Waals surface area (Å²) in [6.07, 6.45) is 5.20. The topological polar surface area (TPSA) is 37.1 Å². The van der Waals surface area contributed by atoms with E-state index in [9.17, 15) is 4.79 Å². The zero-order valence-electron chi connectivity index (χ0n) is 17.7. The van der Waals surface area contributed by atoms with Gasteiger partial charge < -0.3 is 14.5 Å². The minimum atomic E-state index is -0.564. The molecule has 3 rings (SSSR count). The van der Waals surface area contributed by atoms with Crippen molar-refractivity contribution in [2.75, 3.05) is 26.9 Å². The highest BCUT2D eigenvalue weighted by atomic mass is 16.5. The maximum Gasteiger partial charge on any atom is 0.322 e. The van der Waals surface area contributed by atoms with Crippen LogP contribution >= 0.6 is 0 Å². The van der Waals surface area contributed by atoms with E-state index < -0.39 is 5.54 Å². The quantitative estimate of drug-likeness (QED) is 0.669. The molecule has 1 saturated carbocycles. The number of hydrogen-bond acceptors (Lipinski definition) is 2. The molecule has 1 aromatic carbocycles. The van der Waals surface area contributed by atoms with E-state index in [2.05, 4.69) is 42.1 Å². The van der Waals surface area contributed by atoms with Crippen LogP contribution in [0.3, 0.4) is 0 Å². The van der Waals surface area contributed by atoms with Crippen LogP contribution in [0.25, 0.3) is 4.85 Å². The molecule has 1 aliphatic heterocycles. The molecule has 1 aliphatic carbocycles. The molecule has 1 saturated heterocycles. The van der Waals surface area contributed by atoms with E-state index in [1.807, 2.05) is 23.6 Å². The average molecular weight is 384 g/mol. The number of carbonyl (C=O) groups is 1. The van der Waals surface area contributed by atoms with Crippen molar-refractivity contribution in [3.8, 4) is 0 Å². The lowest BCUT2D eigenvalue weighted by Crippen LogP contribution is -2.52. The number of hydrogen-bond donors (Lipinski definition) is 0.